The van der Waals surface area contributed by atoms with E-state index in [9.17, 15) is 14.9 Å². The fraction of sp³-hybridized carbons (Fsp3) is 0.231. The van der Waals surface area contributed by atoms with Crippen molar-refractivity contribution in [2.75, 3.05) is 17.2 Å². The number of aryl methyl sites for hydroxylation is 1. The minimum atomic E-state index is -0.650. The summed E-state index contributed by atoms with van der Waals surface area (Å²) in [5.74, 6) is -0.650. The Labute approximate surface area is 120 Å². The fourth-order valence-electron chi connectivity index (χ4n) is 1.77. The topological polar surface area (TPSA) is 110 Å². The fourth-order valence-corrected chi connectivity index (χ4v) is 1.77. The Bertz CT molecular complexity index is 681. The molecule has 0 saturated heterocycles. The van der Waals surface area contributed by atoms with Crippen molar-refractivity contribution in [2.24, 2.45) is 0 Å². The van der Waals surface area contributed by atoms with Crippen molar-refractivity contribution in [1.29, 1.82) is 0 Å². The van der Waals surface area contributed by atoms with Crippen LogP contribution in [0.4, 0.5) is 17.4 Å². The molecular weight excluding hydrogens is 276 g/mol. The van der Waals surface area contributed by atoms with Gasteiger partial charge in [-0.2, -0.15) is 4.98 Å². The van der Waals surface area contributed by atoms with Gasteiger partial charge in [-0.1, -0.05) is 0 Å². The number of hydrogen-bond donors (Lipinski definition) is 2. The van der Waals surface area contributed by atoms with E-state index in [0.717, 1.165) is 0 Å². The maximum absolute atomic E-state index is 12.2. The number of nitrogens with zero attached hydrogens (tertiary/aromatic N) is 2. The van der Waals surface area contributed by atoms with Gasteiger partial charge in [0.05, 0.1) is 10.6 Å². The highest BCUT2D eigenvalue weighted by Gasteiger charge is 2.21. The van der Waals surface area contributed by atoms with Crippen LogP contribution in [-0.2, 0) is 0 Å². The molecule has 0 aliphatic heterocycles. The van der Waals surface area contributed by atoms with E-state index < -0.39 is 10.8 Å². The number of amides is 1. The lowest BCUT2D eigenvalue weighted by molar-refractivity contribution is -0.385. The number of nitro groups is 1. The number of oxazole rings is 1. The SMILES string of the molecule is CCNc1ccc([N+](=O)[O-])c(C(=O)Nc2nc(C)co2)c1. The van der Waals surface area contributed by atoms with Gasteiger partial charge in [0.1, 0.15) is 11.8 Å². The predicted octanol–water partition coefficient (Wildman–Crippen LogP) is 2.58. The molecule has 0 bridgehead atoms. The van der Waals surface area contributed by atoms with E-state index >= 15 is 0 Å². The zero-order chi connectivity index (χ0) is 15.4. The molecule has 8 nitrogen and oxygen atoms in total. The van der Waals surface area contributed by atoms with Crippen molar-refractivity contribution in [1.82, 2.24) is 4.98 Å². The van der Waals surface area contributed by atoms with E-state index in [2.05, 4.69) is 15.6 Å². The van der Waals surface area contributed by atoms with Gasteiger partial charge in [-0.3, -0.25) is 20.2 Å². The Morgan fingerprint density at radius 3 is 2.81 bits per heavy atom. The molecule has 0 saturated carbocycles. The number of anilines is 2. The first-order valence-electron chi connectivity index (χ1n) is 6.27. The van der Waals surface area contributed by atoms with Gasteiger partial charge in [-0.05, 0) is 26.0 Å². The average Bonchev–Trinajstić information content (AvgIpc) is 2.84. The van der Waals surface area contributed by atoms with Crippen molar-refractivity contribution in [3.05, 3.63) is 45.8 Å². The number of benzene rings is 1. The van der Waals surface area contributed by atoms with Crippen molar-refractivity contribution in [3.8, 4) is 0 Å². The Morgan fingerprint density at radius 1 is 1.48 bits per heavy atom. The van der Waals surface area contributed by atoms with Crippen LogP contribution in [0.15, 0.2) is 28.9 Å². The number of nitrogens with one attached hydrogen (secondary N) is 2. The molecule has 110 valence electrons. The first-order valence-corrected chi connectivity index (χ1v) is 6.27. The zero-order valence-corrected chi connectivity index (χ0v) is 11.5. The highest BCUT2D eigenvalue weighted by atomic mass is 16.6. The van der Waals surface area contributed by atoms with Crippen LogP contribution in [-0.4, -0.2) is 22.4 Å². The standard InChI is InChI=1S/C13H14N4O4/c1-3-14-9-4-5-11(17(19)20)10(6-9)12(18)16-13-15-8(2)7-21-13/h4-7,14H,3H2,1-2H3,(H,15,16,18). The van der Waals surface area contributed by atoms with Crippen molar-refractivity contribution >= 4 is 23.3 Å². The van der Waals surface area contributed by atoms with Gasteiger partial charge >= 0.3 is 6.01 Å². The molecule has 8 heteroatoms. The maximum atomic E-state index is 12.2. The van der Waals surface area contributed by atoms with Crippen LogP contribution in [0, 0.1) is 17.0 Å². The normalized spacial score (nSPS) is 10.2. The summed E-state index contributed by atoms with van der Waals surface area (Å²) in [5.41, 5.74) is 0.879. The Morgan fingerprint density at radius 2 is 2.24 bits per heavy atom. The summed E-state index contributed by atoms with van der Waals surface area (Å²) in [6, 6.07) is 4.26. The molecule has 21 heavy (non-hydrogen) atoms. The highest BCUT2D eigenvalue weighted by Crippen LogP contribution is 2.23. The summed E-state index contributed by atoms with van der Waals surface area (Å²) < 4.78 is 5.01. The molecule has 2 aromatic rings. The van der Waals surface area contributed by atoms with E-state index in [-0.39, 0.29) is 17.3 Å². The Balaban J connectivity index is 2.32. The van der Waals surface area contributed by atoms with Gasteiger partial charge in [-0.15, -0.1) is 0 Å². The zero-order valence-electron chi connectivity index (χ0n) is 11.5. The van der Waals surface area contributed by atoms with E-state index in [1.165, 1.54) is 18.4 Å². The van der Waals surface area contributed by atoms with Crippen molar-refractivity contribution in [2.45, 2.75) is 13.8 Å². The smallest absolute Gasteiger partial charge is 0.301 e. The van der Waals surface area contributed by atoms with Crippen LogP contribution >= 0.6 is 0 Å². The maximum Gasteiger partial charge on any atom is 0.301 e. The first-order chi connectivity index (χ1) is 10.0. The van der Waals surface area contributed by atoms with E-state index in [1.54, 1.807) is 13.0 Å². The molecule has 0 spiro atoms. The molecule has 1 heterocycles. The van der Waals surface area contributed by atoms with Gasteiger partial charge in [-0.25, -0.2) is 0 Å². The number of carbonyl (C=O) groups excluding carboxylic acids is 1. The quantitative estimate of drug-likeness (QED) is 0.646. The minimum absolute atomic E-state index is 0.000603. The van der Waals surface area contributed by atoms with E-state index in [0.29, 0.717) is 17.9 Å². The lowest BCUT2D eigenvalue weighted by atomic mass is 10.1. The third kappa shape index (κ3) is 3.35. The second-order valence-electron chi connectivity index (χ2n) is 4.27. The second-order valence-corrected chi connectivity index (χ2v) is 4.27. The molecule has 0 fully saturated rings. The molecular formula is C13H14N4O4. The number of rotatable bonds is 5. The molecule has 1 amide bonds. The number of aromatic nitrogens is 1. The van der Waals surface area contributed by atoms with Crippen LogP contribution in [0.1, 0.15) is 23.0 Å². The van der Waals surface area contributed by atoms with Crippen molar-refractivity contribution < 1.29 is 14.1 Å². The summed E-state index contributed by atoms with van der Waals surface area (Å²) in [4.78, 5) is 26.5. The molecule has 0 aliphatic carbocycles. The molecule has 0 radical (unpaired) electrons. The summed E-state index contributed by atoms with van der Waals surface area (Å²) in [5, 5.41) is 16.4. The van der Waals surface area contributed by atoms with Crippen LogP contribution in [0.3, 0.4) is 0 Å². The predicted molar refractivity (Wildman–Crippen MR) is 76.5 cm³/mol. The van der Waals surface area contributed by atoms with Gasteiger partial charge in [0.15, 0.2) is 0 Å². The molecule has 0 unspecified atom stereocenters. The highest BCUT2D eigenvalue weighted by molar-refractivity contribution is 6.06. The lowest BCUT2D eigenvalue weighted by Crippen LogP contribution is -2.14. The Kier molecular flexibility index (Phi) is 4.17. The largest absolute Gasteiger partial charge is 0.432 e. The molecule has 0 aliphatic rings. The average molecular weight is 290 g/mol. The third-order valence-electron chi connectivity index (χ3n) is 2.66. The molecule has 2 rings (SSSR count). The molecule has 2 N–H and O–H groups in total. The second kappa shape index (κ2) is 6.04. The van der Waals surface area contributed by atoms with Gasteiger partial charge in [0, 0.05) is 18.3 Å². The van der Waals surface area contributed by atoms with Crippen molar-refractivity contribution in [3.63, 3.8) is 0 Å². The third-order valence-corrected chi connectivity index (χ3v) is 2.66. The number of hydrogen-bond acceptors (Lipinski definition) is 6. The molecule has 1 aromatic heterocycles. The van der Waals surface area contributed by atoms with Gasteiger partial charge in [0.2, 0.25) is 0 Å². The molecule has 0 atom stereocenters. The Hall–Kier alpha value is -2.90. The summed E-state index contributed by atoms with van der Waals surface area (Å²) in [6.45, 7) is 4.22. The van der Waals surface area contributed by atoms with E-state index in [4.69, 9.17) is 4.42 Å². The van der Waals surface area contributed by atoms with E-state index in [1.807, 2.05) is 6.92 Å². The van der Waals surface area contributed by atoms with Crippen LogP contribution in [0.2, 0.25) is 0 Å². The van der Waals surface area contributed by atoms with Crippen LogP contribution in [0.5, 0.6) is 0 Å². The summed E-state index contributed by atoms with van der Waals surface area (Å²) in [7, 11) is 0. The monoisotopic (exact) mass is 290 g/mol. The van der Waals surface area contributed by atoms with Gasteiger partial charge in [0.25, 0.3) is 11.6 Å². The number of carbonyl (C=O) groups is 1. The number of nitro benzene ring substituents is 1. The first kappa shape index (κ1) is 14.5. The van der Waals surface area contributed by atoms with Gasteiger partial charge < -0.3 is 9.73 Å². The summed E-state index contributed by atoms with van der Waals surface area (Å²) >= 11 is 0. The van der Waals surface area contributed by atoms with Crippen LogP contribution in [0.25, 0.3) is 0 Å². The summed E-state index contributed by atoms with van der Waals surface area (Å²) in [6.07, 6.45) is 1.37. The lowest BCUT2D eigenvalue weighted by Gasteiger charge is -2.07. The molecule has 1 aromatic carbocycles. The van der Waals surface area contributed by atoms with Crippen LogP contribution < -0.4 is 10.6 Å². The minimum Gasteiger partial charge on any atom is -0.432 e.